The summed E-state index contributed by atoms with van der Waals surface area (Å²) in [5, 5.41) is 5.98. The Bertz CT molecular complexity index is 312. The second kappa shape index (κ2) is 5.04. The molecular weight excluding hydrogens is 200 g/mol. The van der Waals surface area contributed by atoms with Crippen molar-refractivity contribution in [2.75, 3.05) is 6.54 Å². The van der Waals surface area contributed by atoms with E-state index >= 15 is 0 Å². The van der Waals surface area contributed by atoms with E-state index in [0.717, 1.165) is 10.7 Å². The third kappa shape index (κ3) is 3.41. The van der Waals surface area contributed by atoms with Gasteiger partial charge in [-0.15, -0.1) is 11.3 Å². The Morgan fingerprint density at radius 3 is 3.00 bits per heavy atom. The molecule has 0 aliphatic heterocycles. The highest BCUT2D eigenvalue weighted by molar-refractivity contribution is 7.09. The van der Waals surface area contributed by atoms with Crippen LogP contribution in [0.15, 0.2) is 5.38 Å². The van der Waals surface area contributed by atoms with Gasteiger partial charge in [-0.05, 0) is 6.92 Å². The first-order valence-electron chi connectivity index (χ1n) is 4.26. The van der Waals surface area contributed by atoms with Crippen LogP contribution in [-0.4, -0.2) is 23.5 Å². The number of amides is 1. The monoisotopic (exact) mass is 214 g/mol. The summed E-state index contributed by atoms with van der Waals surface area (Å²) < 4.78 is 0. The number of thiazole rings is 1. The molecule has 0 aliphatic carbocycles. The summed E-state index contributed by atoms with van der Waals surface area (Å²) in [4.78, 5) is 14.8. The van der Waals surface area contributed by atoms with Gasteiger partial charge in [-0.2, -0.15) is 0 Å². The average Bonchev–Trinajstić information content (AvgIpc) is 2.51. The van der Waals surface area contributed by atoms with Gasteiger partial charge in [-0.1, -0.05) is 0 Å². The highest BCUT2D eigenvalue weighted by Gasteiger charge is 2.08. The lowest BCUT2D eigenvalue weighted by atomic mass is 10.3. The molecule has 1 heterocycles. The standard InChI is InChI=1S/C8H14N4OS/c1-5-4-14-7(12-5)3-11-2-6(9)8(10)13/h4,6,11H,2-3,9H2,1H3,(H2,10,13). The van der Waals surface area contributed by atoms with E-state index in [1.807, 2.05) is 12.3 Å². The number of nitrogens with one attached hydrogen (secondary N) is 1. The number of rotatable bonds is 5. The number of hydrogen-bond donors (Lipinski definition) is 3. The number of aryl methyl sites for hydroxylation is 1. The van der Waals surface area contributed by atoms with Gasteiger partial charge in [0.1, 0.15) is 5.01 Å². The van der Waals surface area contributed by atoms with Crippen molar-refractivity contribution in [2.24, 2.45) is 11.5 Å². The predicted molar refractivity (Wildman–Crippen MR) is 55.7 cm³/mol. The number of nitrogens with two attached hydrogens (primary N) is 2. The molecule has 5 nitrogen and oxygen atoms in total. The van der Waals surface area contributed by atoms with E-state index in [4.69, 9.17) is 11.5 Å². The zero-order valence-corrected chi connectivity index (χ0v) is 8.80. The number of carbonyl (C=O) groups excluding carboxylic acids is 1. The Morgan fingerprint density at radius 1 is 1.79 bits per heavy atom. The molecule has 14 heavy (non-hydrogen) atoms. The maximum atomic E-state index is 10.6. The molecule has 0 fully saturated rings. The van der Waals surface area contributed by atoms with Gasteiger partial charge in [0, 0.05) is 24.2 Å². The summed E-state index contributed by atoms with van der Waals surface area (Å²) in [7, 11) is 0. The molecule has 78 valence electrons. The van der Waals surface area contributed by atoms with Crippen LogP contribution in [0.5, 0.6) is 0 Å². The normalized spacial score (nSPS) is 12.7. The molecule has 1 aromatic rings. The molecule has 0 aromatic carbocycles. The molecule has 1 aromatic heterocycles. The zero-order chi connectivity index (χ0) is 10.6. The fourth-order valence-corrected chi connectivity index (χ4v) is 1.66. The van der Waals surface area contributed by atoms with Crippen LogP contribution in [0.4, 0.5) is 0 Å². The molecule has 0 spiro atoms. The SMILES string of the molecule is Cc1csc(CNCC(N)C(N)=O)n1. The van der Waals surface area contributed by atoms with Crippen molar-refractivity contribution in [1.82, 2.24) is 10.3 Å². The number of aromatic nitrogens is 1. The molecular formula is C8H14N4OS. The van der Waals surface area contributed by atoms with Crippen LogP contribution in [0.3, 0.4) is 0 Å². The lowest BCUT2D eigenvalue weighted by Gasteiger charge is -2.07. The number of hydrogen-bond acceptors (Lipinski definition) is 5. The molecule has 0 bridgehead atoms. The summed E-state index contributed by atoms with van der Waals surface area (Å²) in [6, 6.07) is -0.629. The topological polar surface area (TPSA) is 94.0 Å². The Labute approximate surface area is 86.5 Å². The van der Waals surface area contributed by atoms with Crippen molar-refractivity contribution in [3.8, 4) is 0 Å². The van der Waals surface area contributed by atoms with Gasteiger partial charge >= 0.3 is 0 Å². The highest BCUT2D eigenvalue weighted by atomic mass is 32.1. The van der Waals surface area contributed by atoms with Gasteiger partial charge in [0.05, 0.1) is 6.04 Å². The maximum Gasteiger partial charge on any atom is 0.235 e. The van der Waals surface area contributed by atoms with Gasteiger partial charge in [0.25, 0.3) is 0 Å². The molecule has 1 amide bonds. The summed E-state index contributed by atoms with van der Waals surface area (Å²) in [5.41, 5.74) is 11.4. The first-order valence-corrected chi connectivity index (χ1v) is 5.14. The van der Waals surface area contributed by atoms with E-state index in [2.05, 4.69) is 10.3 Å². The van der Waals surface area contributed by atoms with Gasteiger partial charge in [-0.3, -0.25) is 4.79 Å². The molecule has 1 unspecified atom stereocenters. The van der Waals surface area contributed by atoms with E-state index in [0.29, 0.717) is 13.1 Å². The Morgan fingerprint density at radius 2 is 2.50 bits per heavy atom. The van der Waals surface area contributed by atoms with Gasteiger partial charge in [0.2, 0.25) is 5.91 Å². The molecule has 0 aliphatic rings. The minimum Gasteiger partial charge on any atom is -0.368 e. The van der Waals surface area contributed by atoms with Gasteiger partial charge < -0.3 is 16.8 Å². The summed E-state index contributed by atoms with van der Waals surface area (Å²) in [6.07, 6.45) is 0. The van der Waals surface area contributed by atoms with E-state index in [1.165, 1.54) is 0 Å². The first kappa shape index (κ1) is 11.1. The predicted octanol–water partition coefficient (Wildman–Crippen LogP) is -0.646. The van der Waals surface area contributed by atoms with Crippen LogP contribution in [0.25, 0.3) is 0 Å². The fraction of sp³-hybridized carbons (Fsp3) is 0.500. The number of carbonyl (C=O) groups is 1. The smallest absolute Gasteiger partial charge is 0.235 e. The quantitative estimate of drug-likeness (QED) is 0.607. The van der Waals surface area contributed by atoms with Crippen molar-refractivity contribution >= 4 is 17.2 Å². The minimum atomic E-state index is -0.629. The fourth-order valence-electron chi connectivity index (χ4n) is 0.919. The van der Waals surface area contributed by atoms with Crippen molar-refractivity contribution in [1.29, 1.82) is 0 Å². The van der Waals surface area contributed by atoms with Crippen LogP contribution >= 0.6 is 11.3 Å². The lowest BCUT2D eigenvalue weighted by molar-refractivity contribution is -0.119. The van der Waals surface area contributed by atoms with Crippen molar-refractivity contribution < 1.29 is 4.79 Å². The van der Waals surface area contributed by atoms with Crippen LogP contribution in [-0.2, 0) is 11.3 Å². The highest BCUT2D eigenvalue weighted by Crippen LogP contribution is 2.07. The van der Waals surface area contributed by atoms with Crippen LogP contribution in [0.1, 0.15) is 10.7 Å². The molecule has 5 N–H and O–H groups in total. The Kier molecular flexibility index (Phi) is 3.99. The average molecular weight is 214 g/mol. The minimum absolute atomic E-state index is 0.383. The second-order valence-corrected chi connectivity index (χ2v) is 3.97. The van der Waals surface area contributed by atoms with E-state index in [-0.39, 0.29) is 0 Å². The molecule has 0 saturated heterocycles. The van der Waals surface area contributed by atoms with E-state index in [1.54, 1.807) is 11.3 Å². The Hall–Kier alpha value is -0.980. The maximum absolute atomic E-state index is 10.6. The molecule has 0 saturated carbocycles. The Balaban J connectivity index is 2.25. The molecule has 1 atom stereocenters. The van der Waals surface area contributed by atoms with Gasteiger partial charge in [-0.25, -0.2) is 4.98 Å². The second-order valence-electron chi connectivity index (χ2n) is 3.02. The van der Waals surface area contributed by atoms with Crippen LogP contribution in [0.2, 0.25) is 0 Å². The summed E-state index contributed by atoms with van der Waals surface area (Å²) in [6.45, 7) is 2.95. The summed E-state index contributed by atoms with van der Waals surface area (Å²) >= 11 is 1.58. The van der Waals surface area contributed by atoms with E-state index in [9.17, 15) is 4.79 Å². The van der Waals surface area contributed by atoms with E-state index < -0.39 is 11.9 Å². The third-order valence-electron chi connectivity index (χ3n) is 1.67. The third-order valence-corrected chi connectivity index (χ3v) is 2.64. The number of primary amides is 1. The summed E-state index contributed by atoms with van der Waals surface area (Å²) in [5.74, 6) is -0.493. The van der Waals surface area contributed by atoms with Gasteiger partial charge in [0.15, 0.2) is 0 Å². The largest absolute Gasteiger partial charge is 0.368 e. The van der Waals surface area contributed by atoms with Crippen LogP contribution in [0, 0.1) is 6.92 Å². The lowest BCUT2D eigenvalue weighted by Crippen LogP contribution is -2.44. The number of nitrogens with zero attached hydrogens (tertiary/aromatic N) is 1. The van der Waals surface area contributed by atoms with Crippen molar-refractivity contribution in [3.63, 3.8) is 0 Å². The van der Waals surface area contributed by atoms with Crippen molar-refractivity contribution in [3.05, 3.63) is 16.1 Å². The van der Waals surface area contributed by atoms with Crippen LogP contribution < -0.4 is 16.8 Å². The molecule has 1 rings (SSSR count). The van der Waals surface area contributed by atoms with Crippen molar-refractivity contribution in [2.45, 2.75) is 19.5 Å². The molecule has 0 radical (unpaired) electrons. The molecule has 6 heteroatoms. The first-order chi connectivity index (χ1) is 6.59. The zero-order valence-electron chi connectivity index (χ0n) is 7.99.